The van der Waals surface area contributed by atoms with Crippen molar-refractivity contribution in [3.05, 3.63) is 65.7 Å². The highest BCUT2D eigenvalue weighted by Gasteiger charge is 2.23. The quantitative estimate of drug-likeness (QED) is 0.670. The maximum absolute atomic E-state index is 13.1. The fourth-order valence-electron chi connectivity index (χ4n) is 4.17. The number of hydrogen-bond donors (Lipinski definition) is 1. The molecular formula is C25H35N3O. The van der Waals surface area contributed by atoms with Crippen molar-refractivity contribution in [3.63, 3.8) is 0 Å². The lowest BCUT2D eigenvalue weighted by atomic mass is 10.0. The number of likely N-dealkylation sites (tertiary alicyclic amines) is 1. The number of nitrogens with one attached hydrogen (secondary N) is 1. The summed E-state index contributed by atoms with van der Waals surface area (Å²) in [5.41, 5.74) is 3.23. The van der Waals surface area contributed by atoms with Crippen LogP contribution in [0.5, 0.6) is 0 Å². The predicted octanol–water partition coefficient (Wildman–Crippen LogP) is 4.71. The molecule has 0 radical (unpaired) electrons. The molecule has 0 aromatic heterocycles. The first-order valence-electron chi connectivity index (χ1n) is 11.1. The molecule has 0 bridgehead atoms. The van der Waals surface area contributed by atoms with Crippen LogP contribution in [0.4, 0.5) is 5.69 Å². The van der Waals surface area contributed by atoms with Crippen LogP contribution in [0.25, 0.3) is 0 Å². The topological polar surface area (TPSA) is 35.6 Å². The van der Waals surface area contributed by atoms with E-state index in [9.17, 15) is 4.79 Å². The van der Waals surface area contributed by atoms with Gasteiger partial charge in [0.05, 0.1) is 5.56 Å². The van der Waals surface area contributed by atoms with Gasteiger partial charge in [-0.3, -0.25) is 9.69 Å². The molecular weight excluding hydrogens is 358 g/mol. The summed E-state index contributed by atoms with van der Waals surface area (Å²) in [4.78, 5) is 17.9. The summed E-state index contributed by atoms with van der Waals surface area (Å²) in [6.45, 7) is 9.39. The molecule has 156 valence electrons. The Kier molecular flexibility index (Phi) is 8.12. The van der Waals surface area contributed by atoms with Crippen molar-refractivity contribution in [1.82, 2.24) is 10.2 Å². The number of amides is 1. The third kappa shape index (κ3) is 6.07. The van der Waals surface area contributed by atoms with Gasteiger partial charge in [-0.15, -0.1) is 0 Å². The van der Waals surface area contributed by atoms with E-state index in [0.29, 0.717) is 0 Å². The maximum Gasteiger partial charge on any atom is 0.253 e. The summed E-state index contributed by atoms with van der Waals surface area (Å²) in [7, 11) is 0. The molecule has 1 fully saturated rings. The molecule has 0 saturated carbocycles. The second-order valence-corrected chi connectivity index (χ2v) is 8.01. The Bertz CT molecular complexity index is 748. The van der Waals surface area contributed by atoms with E-state index in [1.54, 1.807) is 0 Å². The lowest BCUT2D eigenvalue weighted by Gasteiger charge is -2.33. The Balaban J connectivity index is 1.57. The van der Waals surface area contributed by atoms with Gasteiger partial charge in [-0.25, -0.2) is 0 Å². The van der Waals surface area contributed by atoms with E-state index in [1.165, 1.54) is 5.56 Å². The lowest BCUT2D eigenvalue weighted by Crippen LogP contribution is -2.44. The Labute approximate surface area is 175 Å². The number of piperidine rings is 1. The third-order valence-corrected chi connectivity index (χ3v) is 5.65. The van der Waals surface area contributed by atoms with Gasteiger partial charge in [-0.1, -0.05) is 56.3 Å². The van der Waals surface area contributed by atoms with Crippen molar-refractivity contribution in [1.29, 1.82) is 0 Å². The SMILES string of the molecule is CCCN(CCC)c1ccccc1C(=O)NC1CCN(Cc2ccccc2)CC1. The Morgan fingerprint density at radius 1 is 0.966 bits per heavy atom. The van der Waals surface area contributed by atoms with Crippen LogP contribution in [0.3, 0.4) is 0 Å². The first-order valence-corrected chi connectivity index (χ1v) is 11.1. The monoisotopic (exact) mass is 393 g/mol. The molecule has 3 rings (SSSR count). The van der Waals surface area contributed by atoms with Crippen molar-refractivity contribution >= 4 is 11.6 Å². The summed E-state index contributed by atoms with van der Waals surface area (Å²) >= 11 is 0. The van der Waals surface area contributed by atoms with Gasteiger partial charge in [0.1, 0.15) is 0 Å². The number of anilines is 1. The van der Waals surface area contributed by atoms with Crippen molar-refractivity contribution in [2.24, 2.45) is 0 Å². The average Bonchev–Trinajstić information content (AvgIpc) is 2.76. The van der Waals surface area contributed by atoms with Crippen LogP contribution in [0.15, 0.2) is 54.6 Å². The van der Waals surface area contributed by atoms with Gasteiger partial charge in [0, 0.05) is 44.5 Å². The van der Waals surface area contributed by atoms with E-state index in [1.807, 2.05) is 18.2 Å². The second-order valence-electron chi connectivity index (χ2n) is 8.01. The summed E-state index contributed by atoms with van der Waals surface area (Å²) in [6.07, 6.45) is 4.18. The maximum atomic E-state index is 13.1. The predicted molar refractivity (Wildman–Crippen MR) is 121 cm³/mol. The zero-order valence-corrected chi connectivity index (χ0v) is 17.9. The molecule has 4 nitrogen and oxygen atoms in total. The molecule has 29 heavy (non-hydrogen) atoms. The molecule has 1 amide bonds. The van der Waals surface area contributed by atoms with Crippen LogP contribution in [0, 0.1) is 0 Å². The number of para-hydroxylation sites is 1. The molecule has 2 aromatic rings. The number of carbonyl (C=O) groups excluding carboxylic acids is 1. The number of nitrogens with zero attached hydrogens (tertiary/aromatic N) is 2. The molecule has 1 N–H and O–H groups in total. The van der Waals surface area contributed by atoms with Gasteiger partial charge in [0.25, 0.3) is 5.91 Å². The fraction of sp³-hybridized carbons (Fsp3) is 0.480. The number of hydrogen-bond acceptors (Lipinski definition) is 3. The number of carbonyl (C=O) groups is 1. The molecule has 4 heteroatoms. The fourth-order valence-corrected chi connectivity index (χ4v) is 4.17. The first-order chi connectivity index (χ1) is 14.2. The largest absolute Gasteiger partial charge is 0.371 e. The number of rotatable bonds is 9. The lowest BCUT2D eigenvalue weighted by molar-refractivity contribution is 0.0909. The minimum atomic E-state index is 0.0688. The normalized spacial score (nSPS) is 15.2. The van der Waals surface area contributed by atoms with Crippen molar-refractivity contribution in [2.45, 2.75) is 52.1 Å². The summed E-state index contributed by atoms with van der Waals surface area (Å²) < 4.78 is 0. The molecule has 1 aliphatic heterocycles. The van der Waals surface area contributed by atoms with Crippen molar-refractivity contribution < 1.29 is 4.79 Å². The van der Waals surface area contributed by atoms with Crippen LogP contribution in [-0.2, 0) is 6.54 Å². The molecule has 0 atom stereocenters. The average molecular weight is 394 g/mol. The van der Waals surface area contributed by atoms with Gasteiger partial charge in [0.15, 0.2) is 0 Å². The second kappa shape index (κ2) is 11.0. The standard InChI is InChI=1S/C25H35N3O/c1-3-16-28(17-4-2)24-13-9-8-12-23(24)25(29)26-22-14-18-27(19-15-22)20-21-10-6-5-7-11-21/h5-13,22H,3-4,14-20H2,1-2H3,(H,26,29). The van der Waals surface area contributed by atoms with Gasteiger partial charge >= 0.3 is 0 Å². The summed E-state index contributed by atoms with van der Waals surface area (Å²) in [6, 6.07) is 18.9. The molecule has 2 aromatic carbocycles. The Morgan fingerprint density at radius 3 is 2.24 bits per heavy atom. The van der Waals surface area contributed by atoms with Crippen LogP contribution < -0.4 is 10.2 Å². The summed E-state index contributed by atoms with van der Waals surface area (Å²) in [5.74, 6) is 0.0688. The highest BCUT2D eigenvalue weighted by Crippen LogP contribution is 2.22. The molecule has 1 saturated heterocycles. The van der Waals surface area contributed by atoms with Crippen LogP contribution in [0.2, 0.25) is 0 Å². The van der Waals surface area contributed by atoms with E-state index in [0.717, 1.165) is 69.7 Å². The van der Waals surface area contributed by atoms with Crippen LogP contribution in [-0.4, -0.2) is 43.0 Å². The molecule has 1 heterocycles. The molecule has 1 aliphatic rings. The van der Waals surface area contributed by atoms with Crippen molar-refractivity contribution in [2.75, 3.05) is 31.1 Å². The smallest absolute Gasteiger partial charge is 0.253 e. The minimum Gasteiger partial charge on any atom is -0.371 e. The van der Waals surface area contributed by atoms with Crippen LogP contribution in [0.1, 0.15) is 55.5 Å². The van der Waals surface area contributed by atoms with Gasteiger partial charge in [-0.2, -0.15) is 0 Å². The van der Waals surface area contributed by atoms with Gasteiger partial charge in [-0.05, 0) is 43.4 Å². The van der Waals surface area contributed by atoms with Gasteiger partial charge < -0.3 is 10.2 Å². The van der Waals surface area contributed by atoms with E-state index in [-0.39, 0.29) is 11.9 Å². The first kappa shape index (κ1) is 21.4. The van der Waals surface area contributed by atoms with E-state index >= 15 is 0 Å². The van der Waals surface area contributed by atoms with E-state index in [2.05, 4.69) is 65.4 Å². The number of benzene rings is 2. The Hall–Kier alpha value is -2.33. The molecule has 0 aliphatic carbocycles. The molecule has 0 unspecified atom stereocenters. The van der Waals surface area contributed by atoms with E-state index < -0.39 is 0 Å². The van der Waals surface area contributed by atoms with E-state index in [4.69, 9.17) is 0 Å². The van der Waals surface area contributed by atoms with Gasteiger partial charge in [0.2, 0.25) is 0 Å². The van der Waals surface area contributed by atoms with Crippen molar-refractivity contribution in [3.8, 4) is 0 Å². The zero-order valence-electron chi connectivity index (χ0n) is 17.9. The zero-order chi connectivity index (χ0) is 20.5. The Morgan fingerprint density at radius 2 is 1.59 bits per heavy atom. The third-order valence-electron chi connectivity index (χ3n) is 5.65. The summed E-state index contributed by atoms with van der Waals surface area (Å²) in [5, 5.41) is 3.31. The molecule has 0 spiro atoms. The highest BCUT2D eigenvalue weighted by molar-refractivity contribution is 6.00. The minimum absolute atomic E-state index is 0.0688. The van der Waals surface area contributed by atoms with Crippen LogP contribution >= 0.6 is 0 Å². The highest BCUT2D eigenvalue weighted by atomic mass is 16.1.